The van der Waals surface area contributed by atoms with Gasteiger partial charge in [-0.05, 0) is 89.0 Å². The van der Waals surface area contributed by atoms with Gasteiger partial charge < -0.3 is 18.9 Å². The highest BCUT2D eigenvalue weighted by Crippen LogP contribution is 2.34. The normalized spacial score (nSPS) is 36.0. The Kier molecular flexibility index (Phi) is 9.83. The van der Waals surface area contributed by atoms with Gasteiger partial charge in [0.05, 0.1) is 19.3 Å². The molecule has 0 aromatic carbocycles. The van der Waals surface area contributed by atoms with Crippen molar-refractivity contribution in [1.29, 1.82) is 0 Å². The van der Waals surface area contributed by atoms with E-state index in [0.717, 1.165) is 76.9 Å². The van der Waals surface area contributed by atoms with Crippen LogP contribution in [0.5, 0.6) is 0 Å². The van der Waals surface area contributed by atoms with Gasteiger partial charge in [0.1, 0.15) is 6.10 Å². The van der Waals surface area contributed by atoms with Crippen LogP contribution in [-0.2, 0) is 18.9 Å². The average molecular weight is 417 g/mol. The molecular formula is C23H38F2O4. The number of hydrogen-bond acceptors (Lipinski definition) is 4. The molecule has 3 aliphatic rings. The van der Waals surface area contributed by atoms with Crippen LogP contribution in [0.2, 0.25) is 0 Å². The Bertz CT molecular complexity index is 473. The van der Waals surface area contributed by atoms with E-state index in [4.69, 9.17) is 18.9 Å². The van der Waals surface area contributed by atoms with Crippen molar-refractivity contribution in [2.45, 2.75) is 89.6 Å². The van der Waals surface area contributed by atoms with E-state index in [2.05, 4.69) is 0 Å². The van der Waals surface area contributed by atoms with Gasteiger partial charge in [0.15, 0.2) is 6.29 Å². The Morgan fingerprint density at radius 3 is 2.21 bits per heavy atom. The van der Waals surface area contributed by atoms with Crippen molar-refractivity contribution in [3.63, 3.8) is 0 Å². The SMILES string of the molecule is CCOC1COC(C2CCC(OCCCC3CCC(C=C(F)F)CC3)CC2)OC1. The summed E-state index contributed by atoms with van der Waals surface area (Å²) in [6, 6.07) is 0. The Morgan fingerprint density at radius 1 is 0.897 bits per heavy atom. The minimum absolute atomic E-state index is 0.0762. The molecule has 0 radical (unpaired) electrons. The van der Waals surface area contributed by atoms with Gasteiger partial charge in [-0.2, -0.15) is 8.78 Å². The second-order valence-corrected chi connectivity index (χ2v) is 8.90. The van der Waals surface area contributed by atoms with Gasteiger partial charge in [-0.15, -0.1) is 0 Å². The van der Waals surface area contributed by atoms with E-state index < -0.39 is 6.08 Å². The lowest BCUT2D eigenvalue weighted by atomic mass is 9.80. The summed E-state index contributed by atoms with van der Waals surface area (Å²) in [4.78, 5) is 0. The van der Waals surface area contributed by atoms with E-state index in [-0.39, 0.29) is 18.3 Å². The minimum Gasteiger partial charge on any atom is -0.378 e. The van der Waals surface area contributed by atoms with Crippen molar-refractivity contribution in [3.05, 3.63) is 12.2 Å². The number of halogens is 2. The van der Waals surface area contributed by atoms with Crippen molar-refractivity contribution in [2.24, 2.45) is 17.8 Å². The summed E-state index contributed by atoms with van der Waals surface area (Å²) < 4.78 is 48.1. The Hall–Kier alpha value is -0.560. The van der Waals surface area contributed by atoms with Gasteiger partial charge in [0, 0.05) is 19.1 Å². The molecule has 1 saturated heterocycles. The molecule has 0 N–H and O–H groups in total. The quantitative estimate of drug-likeness (QED) is 0.451. The minimum atomic E-state index is -1.52. The zero-order valence-corrected chi connectivity index (χ0v) is 17.8. The summed E-state index contributed by atoms with van der Waals surface area (Å²) in [6.45, 7) is 4.78. The van der Waals surface area contributed by atoms with Gasteiger partial charge in [0.2, 0.25) is 0 Å². The Balaban J connectivity index is 1.22. The standard InChI is InChI=1S/C23H38F2O4/c1-2-26-21-15-28-23(29-16-21)19-9-11-20(12-10-19)27-13-3-4-17-5-7-18(8-6-17)14-22(24)25/h14,17-21,23H,2-13,15-16H2,1H3. The molecule has 1 aliphatic heterocycles. The van der Waals surface area contributed by atoms with Crippen LogP contribution in [0.4, 0.5) is 8.78 Å². The molecule has 29 heavy (non-hydrogen) atoms. The molecular weight excluding hydrogens is 378 g/mol. The zero-order chi connectivity index (χ0) is 20.5. The smallest absolute Gasteiger partial charge is 0.266 e. The lowest BCUT2D eigenvalue weighted by Crippen LogP contribution is -2.42. The summed E-state index contributed by atoms with van der Waals surface area (Å²) in [7, 11) is 0. The first-order chi connectivity index (χ1) is 14.1. The monoisotopic (exact) mass is 416 g/mol. The fourth-order valence-corrected chi connectivity index (χ4v) is 5.08. The summed E-state index contributed by atoms with van der Waals surface area (Å²) in [5, 5.41) is 0. The molecule has 0 atom stereocenters. The van der Waals surface area contributed by atoms with Gasteiger partial charge in [0.25, 0.3) is 6.08 Å². The topological polar surface area (TPSA) is 36.9 Å². The molecule has 2 saturated carbocycles. The van der Waals surface area contributed by atoms with Crippen LogP contribution < -0.4 is 0 Å². The van der Waals surface area contributed by atoms with Gasteiger partial charge in [-0.1, -0.05) is 0 Å². The lowest BCUT2D eigenvalue weighted by molar-refractivity contribution is -0.250. The van der Waals surface area contributed by atoms with Crippen LogP contribution in [0.3, 0.4) is 0 Å². The molecule has 1 heterocycles. The first-order valence-corrected chi connectivity index (χ1v) is 11.6. The zero-order valence-electron chi connectivity index (χ0n) is 17.8. The molecule has 2 aliphatic carbocycles. The molecule has 0 amide bonds. The summed E-state index contributed by atoms with van der Waals surface area (Å²) in [5.74, 6) is 1.24. The van der Waals surface area contributed by atoms with E-state index in [9.17, 15) is 8.78 Å². The molecule has 0 unspecified atom stereocenters. The number of rotatable bonds is 9. The fourth-order valence-electron chi connectivity index (χ4n) is 5.08. The van der Waals surface area contributed by atoms with Crippen LogP contribution >= 0.6 is 0 Å². The molecule has 0 aromatic rings. The van der Waals surface area contributed by atoms with E-state index in [1.165, 1.54) is 0 Å². The highest BCUT2D eigenvalue weighted by molar-refractivity contribution is 4.90. The molecule has 0 bridgehead atoms. The molecule has 0 spiro atoms. The van der Waals surface area contributed by atoms with Crippen LogP contribution in [0, 0.1) is 17.8 Å². The van der Waals surface area contributed by atoms with Crippen LogP contribution in [-0.4, -0.2) is 44.9 Å². The van der Waals surface area contributed by atoms with Crippen molar-refractivity contribution in [3.8, 4) is 0 Å². The fraction of sp³-hybridized carbons (Fsp3) is 0.913. The summed E-state index contributed by atoms with van der Waals surface area (Å²) in [5.41, 5.74) is 0. The average Bonchev–Trinajstić information content (AvgIpc) is 2.73. The maximum absolute atomic E-state index is 12.3. The van der Waals surface area contributed by atoms with Crippen molar-refractivity contribution in [2.75, 3.05) is 26.4 Å². The van der Waals surface area contributed by atoms with Crippen LogP contribution in [0.1, 0.15) is 71.1 Å². The number of ether oxygens (including phenoxy) is 4. The Morgan fingerprint density at radius 2 is 1.59 bits per heavy atom. The number of hydrogen-bond donors (Lipinski definition) is 0. The molecule has 3 fully saturated rings. The second-order valence-electron chi connectivity index (χ2n) is 8.90. The maximum atomic E-state index is 12.3. The van der Waals surface area contributed by atoms with E-state index >= 15 is 0 Å². The Labute approximate surface area is 174 Å². The lowest BCUT2D eigenvalue weighted by Gasteiger charge is -2.37. The maximum Gasteiger partial charge on any atom is 0.266 e. The van der Waals surface area contributed by atoms with Crippen molar-refractivity contribution < 1.29 is 27.7 Å². The molecule has 4 nitrogen and oxygen atoms in total. The predicted molar refractivity (Wildman–Crippen MR) is 108 cm³/mol. The first-order valence-electron chi connectivity index (χ1n) is 11.6. The van der Waals surface area contributed by atoms with Gasteiger partial charge in [-0.3, -0.25) is 0 Å². The third-order valence-electron chi connectivity index (χ3n) is 6.76. The van der Waals surface area contributed by atoms with Crippen molar-refractivity contribution >= 4 is 0 Å². The second kappa shape index (κ2) is 12.3. The van der Waals surface area contributed by atoms with Crippen LogP contribution in [0.15, 0.2) is 12.2 Å². The van der Waals surface area contributed by atoms with E-state index in [1.54, 1.807) is 0 Å². The first kappa shape index (κ1) is 23.1. The molecule has 3 rings (SSSR count). The summed E-state index contributed by atoms with van der Waals surface area (Å²) >= 11 is 0. The van der Waals surface area contributed by atoms with E-state index in [0.29, 0.717) is 37.8 Å². The summed E-state index contributed by atoms with van der Waals surface area (Å²) in [6.07, 6.45) is 10.5. The third kappa shape index (κ3) is 7.89. The predicted octanol–water partition coefficient (Wildman–Crippen LogP) is 5.71. The molecule has 0 aromatic heterocycles. The highest BCUT2D eigenvalue weighted by Gasteiger charge is 2.33. The number of allylic oxidation sites excluding steroid dienone is 1. The van der Waals surface area contributed by atoms with Gasteiger partial charge in [-0.25, -0.2) is 0 Å². The molecule has 6 heteroatoms. The van der Waals surface area contributed by atoms with Gasteiger partial charge >= 0.3 is 0 Å². The third-order valence-corrected chi connectivity index (χ3v) is 6.76. The van der Waals surface area contributed by atoms with Crippen molar-refractivity contribution in [1.82, 2.24) is 0 Å². The van der Waals surface area contributed by atoms with E-state index in [1.807, 2.05) is 6.92 Å². The largest absolute Gasteiger partial charge is 0.378 e. The molecule has 168 valence electrons. The highest BCUT2D eigenvalue weighted by atomic mass is 19.3. The van der Waals surface area contributed by atoms with Crippen LogP contribution in [0.25, 0.3) is 0 Å².